The lowest BCUT2D eigenvalue weighted by Crippen LogP contribution is -2.45. The first-order valence-electron chi connectivity index (χ1n) is 6.59. The van der Waals surface area contributed by atoms with Gasteiger partial charge in [-0.05, 0) is 39.8 Å². The van der Waals surface area contributed by atoms with Crippen molar-refractivity contribution in [1.82, 2.24) is 10.2 Å². The minimum absolute atomic E-state index is 0.338. The molecule has 1 fully saturated rings. The average Bonchev–Trinajstić information content (AvgIpc) is 2.37. The first-order chi connectivity index (χ1) is 8.17. The van der Waals surface area contributed by atoms with E-state index >= 15 is 0 Å². The molecule has 0 saturated carbocycles. The Balaban J connectivity index is 2.33. The van der Waals surface area contributed by atoms with Crippen molar-refractivity contribution in [3.8, 4) is 6.07 Å². The molecule has 0 spiro atoms. The molecule has 1 saturated heterocycles. The Morgan fingerprint density at radius 1 is 1.59 bits per heavy atom. The topological polar surface area (TPSA) is 48.3 Å². The molecular weight excluding hydrogens is 214 g/mol. The second-order valence-electron chi connectivity index (χ2n) is 4.86. The van der Waals surface area contributed by atoms with Gasteiger partial charge in [0.25, 0.3) is 0 Å². The highest BCUT2D eigenvalue weighted by Gasteiger charge is 2.26. The van der Waals surface area contributed by atoms with E-state index in [1.807, 2.05) is 7.05 Å². The standard InChI is InChI=1S/C13H25N3O/c1-4-13(11-14,15-3)6-5-7-16-8-9-17-10-12(16)2/h12,15H,4-10H2,1-3H3. The van der Waals surface area contributed by atoms with Crippen LogP contribution >= 0.6 is 0 Å². The quantitative estimate of drug-likeness (QED) is 0.761. The van der Waals surface area contributed by atoms with Gasteiger partial charge in [0.05, 0.1) is 19.3 Å². The van der Waals surface area contributed by atoms with Crippen LogP contribution in [0.5, 0.6) is 0 Å². The molecule has 1 rings (SSSR count). The maximum atomic E-state index is 9.22. The van der Waals surface area contributed by atoms with Crippen LogP contribution in [0.3, 0.4) is 0 Å². The predicted octanol–water partition coefficient (Wildman–Crippen LogP) is 1.38. The number of ether oxygens (including phenoxy) is 1. The van der Waals surface area contributed by atoms with Crippen LogP contribution in [0.25, 0.3) is 0 Å². The summed E-state index contributed by atoms with van der Waals surface area (Å²) in [7, 11) is 1.88. The fraction of sp³-hybridized carbons (Fsp3) is 0.923. The Hall–Kier alpha value is -0.630. The van der Waals surface area contributed by atoms with Crippen LogP contribution in [0.4, 0.5) is 0 Å². The highest BCUT2D eigenvalue weighted by atomic mass is 16.5. The lowest BCUT2D eigenvalue weighted by atomic mass is 9.92. The van der Waals surface area contributed by atoms with Gasteiger partial charge in [-0.3, -0.25) is 4.90 Å². The second-order valence-corrected chi connectivity index (χ2v) is 4.86. The van der Waals surface area contributed by atoms with Gasteiger partial charge in [-0.25, -0.2) is 0 Å². The number of morpholine rings is 1. The Kier molecular flexibility index (Phi) is 5.90. The first-order valence-corrected chi connectivity index (χ1v) is 6.59. The first kappa shape index (κ1) is 14.4. The summed E-state index contributed by atoms with van der Waals surface area (Å²) in [5.41, 5.74) is -0.338. The Labute approximate surface area is 105 Å². The largest absolute Gasteiger partial charge is 0.379 e. The number of nitrogens with one attached hydrogen (secondary N) is 1. The zero-order valence-corrected chi connectivity index (χ0v) is 11.3. The molecule has 0 amide bonds. The van der Waals surface area contributed by atoms with Crippen molar-refractivity contribution in [3.63, 3.8) is 0 Å². The number of nitrogens with zero attached hydrogens (tertiary/aromatic N) is 2. The van der Waals surface area contributed by atoms with Crippen molar-refractivity contribution in [2.45, 2.75) is 44.7 Å². The zero-order valence-electron chi connectivity index (χ0n) is 11.3. The molecule has 1 aliphatic rings. The molecule has 0 radical (unpaired) electrons. The lowest BCUT2D eigenvalue weighted by Gasteiger charge is -2.34. The van der Waals surface area contributed by atoms with Crippen molar-refractivity contribution in [2.75, 3.05) is 33.4 Å². The SMILES string of the molecule is CCC(C#N)(CCCN1CCOCC1C)NC. The molecule has 0 aliphatic carbocycles. The Morgan fingerprint density at radius 3 is 2.88 bits per heavy atom. The molecule has 1 heterocycles. The van der Waals surface area contributed by atoms with Crippen molar-refractivity contribution in [2.24, 2.45) is 0 Å². The number of nitriles is 1. The maximum absolute atomic E-state index is 9.22. The monoisotopic (exact) mass is 239 g/mol. The molecule has 1 N–H and O–H groups in total. The zero-order chi connectivity index (χ0) is 12.7. The van der Waals surface area contributed by atoms with Gasteiger partial charge in [-0.15, -0.1) is 0 Å². The van der Waals surface area contributed by atoms with E-state index in [2.05, 4.69) is 30.1 Å². The summed E-state index contributed by atoms with van der Waals surface area (Å²) in [6.45, 7) is 8.03. The predicted molar refractivity (Wildman–Crippen MR) is 68.8 cm³/mol. The van der Waals surface area contributed by atoms with Crippen molar-refractivity contribution in [1.29, 1.82) is 5.26 Å². The molecule has 0 aromatic carbocycles. The molecule has 4 nitrogen and oxygen atoms in total. The molecule has 98 valence electrons. The molecular formula is C13H25N3O. The summed E-state index contributed by atoms with van der Waals surface area (Å²) in [5.74, 6) is 0. The van der Waals surface area contributed by atoms with Crippen LogP contribution < -0.4 is 5.32 Å². The van der Waals surface area contributed by atoms with Crippen LogP contribution in [-0.4, -0.2) is 49.8 Å². The molecule has 0 aromatic heterocycles. The van der Waals surface area contributed by atoms with Gasteiger partial charge in [0.2, 0.25) is 0 Å². The third kappa shape index (κ3) is 3.95. The molecule has 0 aromatic rings. The fourth-order valence-corrected chi connectivity index (χ4v) is 2.35. The van der Waals surface area contributed by atoms with Crippen LogP contribution in [0.1, 0.15) is 33.1 Å². The third-order valence-corrected chi connectivity index (χ3v) is 3.85. The number of rotatable bonds is 6. The Bertz CT molecular complexity index is 258. The molecule has 4 heteroatoms. The molecule has 0 bridgehead atoms. The summed E-state index contributed by atoms with van der Waals surface area (Å²) >= 11 is 0. The lowest BCUT2D eigenvalue weighted by molar-refractivity contribution is -0.00141. The highest BCUT2D eigenvalue weighted by Crippen LogP contribution is 2.17. The molecule has 2 unspecified atom stereocenters. The summed E-state index contributed by atoms with van der Waals surface area (Å²) in [6.07, 6.45) is 2.84. The van der Waals surface area contributed by atoms with Crippen molar-refractivity contribution < 1.29 is 4.74 Å². The summed E-state index contributed by atoms with van der Waals surface area (Å²) in [4.78, 5) is 2.46. The molecule has 17 heavy (non-hydrogen) atoms. The van der Waals surface area contributed by atoms with E-state index < -0.39 is 0 Å². The maximum Gasteiger partial charge on any atom is 0.106 e. The van der Waals surface area contributed by atoms with Crippen molar-refractivity contribution in [3.05, 3.63) is 0 Å². The van der Waals surface area contributed by atoms with E-state index in [-0.39, 0.29) is 5.54 Å². The van der Waals surface area contributed by atoms with Crippen LogP contribution in [0.2, 0.25) is 0 Å². The molecule has 2 atom stereocenters. The number of hydrogen-bond acceptors (Lipinski definition) is 4. The van der Waals surface area contributed by atoms with Gasteiger partial charge in [0.1, 0.15) is 5.54 Å². The van der Waals surface area contributed by atoms with E-state index in [0.717, 1.165) is 45.6 Å². The summed E-state index contributed by atoms with van der Waals surface area (Å²) in [5, 5.41) is 12.4. The van der Waals surface area contributed by atoms with Crippen molar-refractivity contribution >= 4 is 0 Å². The summed E-state index contributed by atoms with van der Waals surface area (Å²) < 4.78 is 5.42. The second kappa shape index (κ2) is 6.95. The van der Waals surface area contributed by atoms with Crippen LogP contribution in [-0.2, 0) is 4.74 Å². The van der Waals surface area contributed by atoms with E-state index in [9.17, 15) is 5.26 Å². The van der Waals surface area contributed by atoms with Gasteiger partial charge in [-0.2, -0.15) is 5.26 Å². The van der Waals surface area contributed by atoms with E-state index in [1.165, 1.54) is 0 Å². The van der Waals surface area contributed by atoms with Crippen LogP contribution in [0, 0.1) is 11.3 Å². The smallest absolute Gasteiger partial charge is 0.106 e. The van der Waals surface area contributed by atoms with Crippen LogP contribution in [0.15, 0.2) is 0 Å². The number of hydrogen-bond donors (Lipinski definition) is 1. The van der Waals surface area contributed by atoms with Gasteiger partial charge in [0, 0.05) is 12.6 Å². The van der Waals surface area contributed by atoms with Gasteiger partial charge >= 0.3 is 0 Å². The minimum atomic E-state index is -0.338. The fourth-order valence-electron chi connectivity index (χ4n) is 2.35. The van der Waals surface area contributed by atoms with E-state index in [0.29, 0.717) is 6.04 Å². The van der Waals surface area contributed by atoms with Gasteiger partial charge in [0.15, 0.2) is 0 Å². The normalized spacial score (nSPS) is 25.2. The average molecular weight is 239 g/mol. The summed E-state index contributed by atoms with van der Waals surface area (Å²) in [6, 6.07) is 2.92. The van der Waals surface area contributed by atoms with Gasteiger partial charge < -0.3 is 10.1 Å². The van der Waals surface area contributed by atoms with E-state index in [1.54, 1.807) is 0 Å². The highest BCUT2D eigenvalue weighted by molar-refractivity contribution is 5.05. The third-order valence-electron chi connectivity index (χ3n) is 3.85. The Morgan fingerprint density at radius 2 is 2.35 bits per heavy atom. The van der Waals surface area contributed by atoms with Gasteiger partial charge in [-0.1, -0.05) is 6.92 Å². The van der Waals surface area contributed by atoms with E-state index in [4.69, 9.17) is 4.74 Å². The minimum Gasteiger partial charge on any atom is -0.379 e. The molecule has 1 aliphatic heterocycles.